The Kier molecular flexibility index (Phi) is 5.80. The molecule has 3 nitrogen and oxygen atoms in total. The van der Waals surface area contributed by atoms with Crippen molar-refractivity contribution in [3.63, 3.8) is 0 Å². The van der Waals surface area contributed by atoms with E-state index in [0.717, 1.165) is 35.7 Å². The predicted molar refractivity (Wildman–Crippen MR) is 127 cm³/mol. The van der Waals surface area contributed by atoms with Gasteiger partial charge in [0.25, 0.3) is 0 Å². The van der Waals surface area contributed by atoms with Gasteiger partial charge in [0.05, 0.1) is 5.52 Å². The molecule has 0 fully saturated rings. The number of aromatic nitrogens is 2. The second-order valence-corrected chi connectivity index (χ2v) is 8.61. The van der Waals surface area contributed by atoms with Gasteiger partial charge in [-0.2, -0.15) is 0 Å². The van der Waals surface area contributed by atoms with E-state index in [0.29, 0.717) is 11.7 Å². The third-order valence-corrected chi connectivity index (χ3v) is 5.49. The molecule has 0 amide bonds. The van der Waals surface area contributed by atoms with E-state index in [9.17, 15) is 0 Å². The van der Waals surface area contributed by atoms with Crippen LogP contribution in [0.25, 0.3) is 22.0 Å². The number of pyridine rings is 2. The van der Waals surface area contributed by atoms with E-state index in [-0.39, 0.29) is 0 Å². The van der Waals surface area contributed by atoms with Crippen molar-refractivity contribution in [1.29, 1.82) is 0 Å². The number of benzene rings is 2. The summed E-state index contributed by atoms with van der Waals surface area (Å²) in [5.74, 6) is 1.25. The van der Waals surface area contributed by atoms with Crippen molar-refractivity contribution in [1.82, 2.24) is 9.97 Å². The average molecular weight is 396 g/mol. The van der Waals surface area contributed by atoms with Crippen LogP contribution in [-0.4, -0.2) is 9.97 Å². The molecule has 0 saturated heterocycles. The Hall–Kier alpha value is -3.20. The Labute approximate surface area is 179 Å². The molecule has 4 rings (SSSR count). The number of rotatable bonds is 6. The Balaban J connectivity index is 1.58. The Morgan fingerprint density at radius 2 is 1.57 bits per heavy atom. The first-order valence-electron chi connectivity index (χ1n) is 10.7. The fraction of sp³-hybridized carbons (Fsp3) is 0.259. The van der Waals surface area contributed by atoms with Crippen molar-refractivity contribution in [3.8, 4) is 11.1 Å². The maximum absolute atomic E-state index is 6.29. The van der Waals surface area contributed by atoms with Gasteiger partial charge in [0, 0.05) is 17.8 Å². The fourth-order valence-corrected chi connectivity index (χ4v) is 3.90. The minimum Gasteiger partial charge on any atom is -0.383 e. The first-order valence-corrected chi connectivity index (χ1v) is 10.7. The standard InChI is InChI=1S/C27H29N3/c1-18(2)12-21-13-20(16-29-17-21)6-9-24-15-25-14-23(10-11-26(25)30-27(24)28)22-7-4-19(3)5-8-22/h4-5,7-8,10-11,13-18H,6,9,12H2,1-3H3,(H2,28,30). The molecule has 30 heavy (non-hydrogen) atoms. The average Bonchev–Trinajstić information content (AvgIpc) is 2.72. The summed E-state index contributed by atoms with van der Waals surface area (Å²) in [4.78, 5) is 9.08. The molecule has 0 atom stereocenters. The van der Waals surface area contributed by atoms with Crippen LogP contribution in [0.5, 0.6) is 0 Å². The van der Waals surface area contributed by atoms with E-state index in [1.807, 2.05) is 12.4 Å². The van der Waals surface area contributed by atoms with Crippen LogP contribution in [0.1, 0.15) is 36.1 Å². The molecule has 152 valence electrons. The summed E-state index contributed by atoms with van der Waals surface area (Å²) in [6.07, 6.45) is 6.76. The molecule has 0 bridgehead atoms. The summed E-state index contributed by atoms with van der Waals surface area (Å²) in [6, 6.07) is 19.5. The zero-order chi connectivity index (χ0) is 21.1. The first kappa shape index (κ1) is 20.1. The number of fused-ring (bicyclic) bond motifs is 1. The predicted octanol–water partition coefficient (Wildman–Crippen LogP) is 6.17. The molecule has 0 saturated carbocycles. The summed E-state index contributed by atoms with van der Waals surface area (Å²) in [6.45, 7) is 6.58. The van der Waals surface area contributed by atoms with Gasteiger partial charge in [-0.3, -0.25) is 4.98 Å². The lowest BCUT2D eigenvalue weighted by atomic mass is 9.99. The Morgan fingerprint density at radius 1 is 0.833 bits per heavy atom. The highest BCUT2D eigenvalue weighted by Crippen LogP contribution is 2.27. The maximum Gasteiger partial charge on any atom is 0.127 e. The van der Waals surface area contributed by atoms with E-state index in [1.165, 1.54) is 27.8 Å². The quantitative estimate of drug-likeness (QED) is 0.425. The number of hydrogen-bond acceptors (Lipinski definition) is 3. The van der Waals surface area contributed by atoms with Crippen LogP contribution in [0.2, 0.25) is 0 Å². The summed E-state index contributed by atoms with van der Waals surface area (Å²) in [7, 11) is 0. The highest BCUT2D eigenvalue weighted by Gasteiger charge is 2.08. The van der Waals surface area contributed by atoms with Crippen molar-refractivity contribution in [2.45, 2.75) is 40.0 Å². The molecule has 0 aliphatic heterocycles. The summed E-state index contributed by atoms with van der Waals surface area (Å²) in [5, 5.41) is 1.13. The van der Waals surface area contributed by atoms with Crippen LogP contribution < -0.4 is 5.73 Å². The van der Waals surface area contributed by atoms with Gasteiger partial charge in [-0.15, -0.1) is 0 Å². The van der Waals surface area contributed by atoms with Crippen LogP contribution in [0, 0.1) is 12.8 Å². The van der Waals surface area contributed by atoms with Crippen LogP contribution in [-0.2, 0) is 19.3 Å². The summed E-state index contributed by atoms with van der Waals surface area (Å²) >= 11 is 0. The molecule has 2 heterocycles. The van der Waals surface area contributed by atoms with Crippen LogP contribution in [0.4, 0.5) is 5.82 Å². The third kappa shape index (κ3) is 4.68. The number of nitrogens with zero attached hydrogens (tertiary/aromatic N) is 2. The van der Waals surface area contributed by atoms with Crippen molar-refractivity contribution >= 4 is 16.7 Å². The van der Waals surface area contributed by atoms with E-state index >= 15 is 0 Å². The lowest BCUT2D eigenvalue weighted by Gasteiger charge is -2.10. The van der Waals surface area contributed by atoms with Gasteiger partial charge in [-0.05, 0) is 78.1 Å². The number of hydrogen-bond donors (Lipinski definition) is 1. The number of anilines is 1. The molecule has 0 unspecified atom stereocenters. The minimum atomic E-state index is 0.622. The zero-order valence-electron chi connectivity index (χ0n) is 18.0. The second kappa shape index (κ2) is 8.66. The molecule has 2 N–H and O–H groups in total. The van der Waals surface area contributed by atoms with Crippen molar-refractivity contribution in [2.75, 3.05) is 5.73 Å². The van der Waals surface area contributed by atoms with Gasteiger partial charge in [0.1, 0.15) is 5.82 Å². The molecule has 2 aromatic carbocycles. The van der Waals surface area contributed by atoms with E-state index < -0.39 is 0 Å². The van der Waals surface area contributed by atoms with E-state index in [4.69, 9.17) is 5.73 Å². The summed E-state index contributed by atoms with van der Waals surface area (Å²) < 4.78 is 0. The molecule has 2 aromatic heterocycles. The topological polar surface area (TPSA) is 51.8 Å². The third-order valence-electron chi connectivity index (χ3n) is 5.49. The van der Waals surface area contributed by atoms with E-state index in [2.05, 4.69) is 85.3 Å². The zero-order valence-corrected chi connectivity index (χ0v) is 18.0. The lowest BCUT2D eigenvalue weighted by molar-refractivity contribution is 0.645. The van der Waals surface area contributed by atoms with Gasteiger partial charge >= 0.3 is 0 Å². The van der Waals surface area contributed by atoms with Gasteiger partial charge in [0.2, 0.25) is 0 Å². The van der Waals surface area contributed by atoms with Crippen LogP contribution in [0.15, 0.2) is 67.0 Å². The fourth-order valence-electron chi connectivity index (χ4n) is 3.90. The monoisotopic (exact) mass is 395 g/mol. The molecule has 0 aliphatic carbocycles. The van der Waals surface area contributed by atoms with Gasteiger partial charge in [-0.25, -0.2) is 4.98 Å². The Bertz CT molecular complexity index is 1160. The van der Waals surface area contributed by atoms with Crippen molar-refractivity contribution in [2.24, 2.45) is 5.92 Å². The molecule has 0 spiro atoms. The molecule has 3 heteroatoms. The largest absolute Gasteiger partial charge is 0.383 e. The SMILES string of the molecule is Cc1ccc(-c2ccc3nc(N)c(CCc4cncc(CC(C)C)c4)cc3c2)cc1. The highest BCUT2D eigenvalue weighted by molar-refractivity contribution is 5.86. The molecule has 0 radical (unpaired) electrons. The number of nitrogens with two attached hydrogens (primary N) is 1. The van der Waals surface area contributed by atoms with Gasteiger partial charge < -0.3 is 5.73 Å². The van der Waals surface area contributed by atoms with Crippen LogP contribution in [0.3, 0.4) is 0 Å². The molecule has 0 aliphatic rings. The van der Waals surface area contributed by atoms with Gasteiger partial charge in [-0.1, -0.05) is 55.8 Å². The number of aryl methyl sites for hydroxylation is 3. The molecule has 4 aromatic rings. The van der Waals surface area contributed by atoms with Crippen molar-refractivity contribution < 1.29 is 0 Å². The highest BCUT2D eigenvalue weighted by atomic mass is 14.8. The lowest BCUT2D eigenvalue weighted by Crippen LogP contribution is -2.02. The Morgan fingerprint density at radius 3 is 2.33 bits per heavy atom. The first-order chi connectivity index (χ1) is 14.5. The second-order valence-electron chi connectivity index (χ2n) is 8.61. The normalized spacial score (nSPS) is 11.3. The maximum atomic E-state index is 6.29. The smallest absolute Gasteiger partial charge is 0.127 e. The van der Waals surface area contributed by atoms with Crippen LogP contribution >= 0.6 is 0 Å². The number of nitrogen functional groups attached to an aromatic ring is 1. The molecular formula is C27H29N3. The van der Waals surface area contributed by atoms with E-state index in [1.54, 1.807) is 0 Å². The van der Waals surface area contributed by atoms with Crippen molar-refractivity contribution in [3.05, 3.63) is 89.2 Å². The molecular weight excluding hydrogens is 366 g/mol. The summed E-state index contributed by atoms with van der Waals surface area (Å²) in [5.41, 5.74) is 14.6. The minimum absolute atomic E-state index is 0.622. The van der Waals surface area contributed by atoms with Gasteiger partial charge in [0.15, 0.2) is 0 Å².